The molecule has 2 heterocycles. The fourth-order valence-electron chi connectivity index (χ4n) is 4.11. The zero-order chi connectivity index (χ0) is 18.5. The molecular formula is C21H31N3O2. The second-order valence-corrected chi connectivity index (χ2v) is 7.63. The standard InChI is InChI=1S/C21H31N3O2/c1-3-20(25)24-14-10-19(11-15-24)23-12-8-17(9-13-23)21(26)22-18-6-4-16(2)5-7-18/h4-7,17,19H,3,8-15H2,1-2H3,(H,22,26). The van der Waals surface area contributed by atoms with Gasteiger partial charge in [-0.15, -0.1) is 0 Å². The van der Waals surface area contributed by atoms with Crippen LogP contribution in [0.5, 0.6) is 0 Å². The molecule has 0 unspecified atom stereocenters. The molecule has 0 atom stereocenters. The molecule has 0 saturated carbocycles. The Bertz CT molecular complexity index is 613. The van der Waals surface area contributed by atoms with Gasteiger partial charge in [0.25, 0.3) is 0 Å². The third kappa shape index (κ3) is 4.64. The number of hydrogen-bond acceptors (Lipinski definition) is 3. The van der Waals surface area contributed by atoms with E-state index in [4.69, 9.17) is 0 Å². The molecule has 1 aromatic rings. The maximum atomic E-state index is 12.5. The lowest BCUT2D eigenvalue weighted by molar-refractivity contribution is -0.132. The van der Waals surface area contributed by atoms with E-state index in [-0.39, 0.29) is 17.7 Å². The number of benzene rings is 1. The number of likely N-dealkylation sites (tertiary alicyclic amines) is 2. The highest BCUT2D eigenvalue weighted by Gasteiger charge is 2.31. The van der Waals surface area contributed by atoms with E-state index in [0.717, 1.165) is 57.5 Å². The Kier molecular flexibility index (Phi) is 6.30. The van der Waals surface area contributed by atoms with Gasteiger partial charge in [-0.1, -0.05) is 24.6 Å². The van der Waals surface area contributed by atoms with Crippen molar-refractivity contribution in [3.05, 3.63) is 29.8 Å². The fourth-order valence-corrected chi connectivity index (χ4v) is 4.11. The largest absolute Gasteiger partial charge is 0.343 e. The van der Waals surface area contributed by atoms with Gasteiger partial charge in [0.1, 0.15) is 0 Å². The van der Waals surface area contributed by atoms with Crippen LogP contribution in [-0.2, 0) is 9.59 Å². The van der Waals surface area contributed by atoms with Crippen molar-refractivity contribution in [3.63, 3.8) is 0 Å². The summed E-state index contributed by atoms with van der Waals surface area (Å²) in [7, 11) is 0. The summed E-state index contributed by atoms with van der Waals surface area (Å²) in [6, 6.07) is 8.54. The third-order valence-corrected chi connectivity index (χ3v) is 5.86. The minimum Gasteiger partial charge on any atom is -0.343 e. The summed E-state index contributed by atoms with van der Waals surface area (Å²) in [6.45, 7) is 7.71. The molecule has 0 aliphatic carbocycles. The van der Waals surface area contributed by atoms with Gasteiger partial charge in [0.15, 0.2) is 0 Å². The molecule has 5 nitrogen and oxygen atoms in total. The molecule has 0 bridgehead atoms. The first kappa shape index (κ1) is 18.9. The van der Waals surface area contributed by atoms with Gasteiger partial charge >= 0.3 is 0 Å². The van der Waals surface area contributed by atoms with Crippen LogP contribution in [0.2, 0.25) is 0 Å². The van der Waals surface area contributed by atoms with Crippen molar-refractivity contribution in [2.75, 3.05) is 31.5 Å². The van der Waals surface area contributed by atoms with E-state index >= 15 is 0 Å². The van der Waals surface area contributed by atoms with E-state index in [0.29, 0.717) is 12.5 Å². The quantitative estimate of drug-likeness (QED) is 0.901. The Hall–Kier alpha value is -1.88. The van der Waals surface area contributed by atoms with Gasteiger partial charge in [-0.25, -0.2) is 0 Å². The maximum absolute atomic E-state index is 12.5. The Morgan fingerprint density at radius 1 is 1.00 bits per heavy atom. The monoisotopic (exact) mass is 357 g/mol. The van der Waals surface area contributed by atoms with Crippen molar-refractivity contribution in [3.8, 4) is 0 Å². The van der Waals surface area contributed by atoms with E-state index in [9.17, 15) is 9.59 Å². The van der Waals surface area contributed by atoms with Crippen LogP contribution >= 0.6 is 0 Å². The fraction of sp³-hybridized carbons (Fsp3) is 0.619. The number of carbonyl (C=O) groups excluding carboxylic acids is 2. The predicted octanol–water partition coefficient (Wildman–Crippen LogP) is 3.05. The van der Waals surface area contributed by atoms with Crippen LogP contribution < -0.4 is 5.32 Å². The number of amides is 2. The van der Waals surface area contributed by atoms with Crippen LogP contribution in [0.1, 0.15) is 44.6 Å². The molecule has 142 valence electrons. The van der Waals surface area contributed by atoms with Crippen LogP contribution in [0.25, 0.3) is 0 Å². The lowest BCUT2D eigenvalue weighted by Crippen LogP contribution is -2.49. The highest BCUT2D eigenvalue weighted by molar-refractivity contribution is 5.92. The molecule has 1 aromatic carbocycles. The molecule has 0 radical (unpaired) electrons. The van der Waals surface area contributed by atoms with Crippen molar-refractivity contribution in [2.24, 2.45) is 5.92 Å². The summed E-state index contributed by atoms with van der Waals surface area (Å²) in [5.74, 6) is 0.529. The molecular weight excluding hydrogens is 326 g/mol. The number of nitrogens with one attached hydrogen (secondary N) is 1. The summed E-state index contributed by atoms with van der Waals surface area (Å²) >= 11 is 0. The molecule has 0 aromatic heterocycles. The molecule has 2 aliphatic rings. The lowest BCUT2D eigenvalue weighted by Gasteiger charge is -2.41. The minimum absolute atomic E-state index is 0.106. The maximum Gasteiger partial charge on any atom is 0.227 e. The second-order valence-electron chi connectivity index (χ2n) is 7.63. The number of rotatable bonds is 4. The van der Waals surface area contributed by atoms with Crippen molar-refractivity contribution < 1.29 is 9.59 Å². The molecule has 5 heteroatoms. The molecule has 2 aliphatic heterocycles. The van der Waals surface area contributed by atoms with Gasteiger partial charge in [-0.2, -0.15) is 0 Å². The summed E-state index contributed by atoms with van der Waals surface area (Å²) < 4.78 is 0. The molecule has 3 rings (SSSR count). The van der Waals surface area contributed by atoms with Gasteiger partial charge in [0.05, 0.1) is 0 Å². The van der Waals surface area contributed by atoms with Crippen molar-refractivity contribution in [1.29, 1.82) is 0 Å². The smallest absolute Gasteiger partial charge is 0.227 e. The Labute approximate surface area is 156 Å². The number of anilines is 1. The first-order valence-electron chi connectivity index (χ1n) is 9.96. The first-order chi connectivity index (χ1) is 12.6. The van der Waals surface area contributed by atoms with Gasteiger partial charge in [-0.3, -0.25) is 9.59 Å². The van der Waals surface area contributed by atoms with Crippen LogP contribution in [-0.4, -0.2) is 53.8 Å². The van der Waals surface area contributed by atoms with Crippen LogP contribution in [0.15, 0.2) is 24.3 Å². The van der Waals surface area contributed by atoms with E-state index in [2.05, 4.69) is 10.2 Å². The van der Waals surface area contributed by atoms with E-state index in [1.807, 2.05) is 43.0 Å². The highest BCUT2D eigenvalue weighted by Crippen LogP contribution is 2.25. The molecule has 2 fully saturated rings. The van der Waals surface area contributed by atoms with E-state index < -0.39 is 0 Å². The topological polar surface area (TPSA) is 52.7 Å². The van der Waals surface area contributed by atoms with Gasteiger partial charge < -0.3 is 15.1 Å². The van der Waals surface area contributed by atoms with Crippen LogP contribution in [0.3, 0.4) is 0 Å². The first-order valence-corrected chi connectivity index (χ1v) is 9.96. The zero-order valence-corrected chi connectivity index (χ0v) is 16.0. The van der Waals surface area contributed by atoms with Crippen molar-refractivity contribution in [1.82, 2.24) is 9.80 Å². The van der Waals surface area contributed by atoms with Gasteiger partial charge in [0.2, 0.25) is 11.8 Å². The normalized spacial score (nSPS) is 20.2. The van der Waals surface area contributed by atoms with Crippen molar-refractivity contribution >= 4 is 17.5 Å². The number of aryl methyl sites for hydroxylation is 1. The molecule has 1 N–H and O–H groups in total. The Morgan fingerprint density at radius 3 is 2.19 bits per heavy atom. The molecule has 26 heavy (non-hydrogen) atoms. The predicted molar refractivity (Wildman–Crippen MR) is 104 cm³/mol. The minimum atomic E-state index is 0.106. The summed E-state index contributed by atoms with van der Waals surface area (Å²) in [5, 5.41) is 3.06. The van der Waals surface area contributed by atoms with Crippen LogP contribution in [0.4, 0.5) is 5.69 Å². The second kappa shape index (κ2) is 8.67. The molecule has 2 saturated heterocycles. The highest BCUT2D eigenvalue weighted by atomic mass is 16.2. The van der Waals surface area contributed by atoms with Crippen LogP contribution in [0, 0.1) is 12.8 Å². The molecule has 0 spiro atoms. The Morgan fingerprint density at radius 2 is 1.62 bits per heavy atom. The Balaban J connectivity index is 1.43. The van der Waals surface area contributed by atoms with Crippen molar-refractivity contribution in [2.45, 2.75) is 52.0 Å². The number of nitrogens with zero attached hydrogens (tertiary/aromatic N) is 2. The number of piperidine rings is 2. The van der Waals surface area contributed by atoms with E-state index in [1.54, 1.807) is 0 Å². The van der Waals surface area contributed by atoms with Gasteiger partial charge in [-0.05, 0) is 57.8 Å². The lowest BCUT2D eigenvalue weighted by atomic mass is 9.92. The molecule has 2 amide bonds. The third-order valence-electron chi connectivity index (χ3n) is 5.86. The summed E-state index contributed by atoms with van der Waals surface area (Å²) in [4.78, 5) is 28.8. The van der Waals surface area contributed by atoms with E-state index in [1.165, 1.54) is 5.56 Å². The summed E-state index contributed by atoms with van der Waals surface area (Å²) in [6.07, 6.45) is 4.57. The number of carbonyl (C=O) groups is 2. The SMILES string of the molecule is CCC(=O)N1CCC(N2CCC(C(=O)Nc3ccc(C)cc3)CC2)CC1. The number of hydrogen-bond donors (Lipinski definition) is 1. The summed E-state index contributed by atoms with van der Waals surface area (Å²) in [5.41, 5.74) is 2.08. The zero-order valence-electron chi connectivity index (χ0n) is 16.0. The van der Waals surface area contributed by atoms with Gasteiger partial charge in [0, 0.05) is 37.2 Å². The average Bonchev–Trinajstić information content (AvgIpc) is 2.69. The average molecular weight is 357 g/mol.